The Labute approximate surface area is 138 Å². The molecule has 0 fully saturated rings. The van der Waals surface area contributed by atoms with E-state index in [0.29, 0.717) is 0 Å². The molecule has 0 unspecified atom stereocenters. The molecule has 114 valence electrons. The van der Waals surface area contributed by atoms with E-state index in [9.17, 15) is 0 Å². The fraction of sp³-hybridized carbons (Fsp3) is 0.353. The van der Waals surface area contributed by atoms with Crippen molar-refractivity contribution in [2.24, 2.45) is 4.99 Å². The highest BCUT2D eigenvalue weighted by Gasteiger charge is 2.32. The second-order valence-electron chi connectivity index (χ2n) is 5.45. The zero-order valence-electron chi connectivity index (χ0n) is 12.8. The fourth-order valence-electron chi connectivity index (χ4n) is 3.09. The van der Waals surface area contributed by atoms with E-state index in [0.717, 1.165) is 31.5 Å². The predicted octanol–water partition coefficient (Wildman–Crippen LogP) is 5.04. The molecule has 0 saturated carbocycles. The summed E-state index contributed by atoms with van der Waals surface area (Å²) >= 11 is 3.63. The highest BCUT2D eigenvalue weighted by atomic mass is 32.2. The molecule has 3 heterocycles. The van der Waals surface area contributed by atoms with E-state index in [-0.39, 0.29) is 0 Å². The second-order valence-corrected chi connectivity index (χ2v) is 7.36. The summed E-state index contributed by atoms with van der Waals surface area (Å²) < 4.78 is 5.68. The van der Waals surface area contributed by atoms with Crippen LogP contribution in [0.3, 0.4) is 0 Å². The van der Waals surface area contributed by atoms with Gasteiger partial charge in [-0.15, -0.1) is 11.8 Å². The summed E-state index contributed by atoms with van der Waals surface area (Å²) in [5.74, 6) is 0. The van der Waals surface area contributed by atoms with Gasteiger partial charge in [-0.2, -0.15) is 0 Å². The standard InChI is InChI=1S/C17H18N2OS2/c1-3-4-14-16(19-7-6-18-17(19)22-14)11-9-13-12(5-8-20-13)15(10-11)21-2/h5,8-10H,3-4,6-7H2,1-2H3. The van der Waals surface area contributed by atoms with Gasteiger partial charge in [0.15, 0.2) is 5.17 Å². The molecular formula is C17H18N2OS2. The molecule has 2 aliphatic rings. The predicted molar refractivity (Wildman–Crippen MR) is 96.4 cm³/mol. The first-order chi connectivity index (χ1) is 10.8. The number of hydrogen-bond acceptors (Lipinski definition) is 5. The van der Waals surface area contributed by atoms with Gasteiger partial charge in [0, 0.05) is 27.3 Å². The summed E-state index contributed by atoms with van der Waals surface area (Å²) in [4.78, 5) is 9.74. The Hall–Kier alpha value is -1.33. The maximum atomic E-state index is 5.68. The van der Waals surface area contributed by atoms with Crippen molar-refractivity contribution in [3.05, 3.63) is 34.9 Å². The first-order valence-corrected chi connectivity index (χ1v) is 9.64. The Morgan fingerprint density at radius 2 is 2.32 bits per heavy atom. The molecule has 1 aromatic carbocycles. The Balaban J connectivity index is 1.88. The van der Waals surface area contributed by atoms with Crippen molar-refractivity contribution < 1.29 is 4.42 Å². The molecule has 4 rings (SSSR count). The molecule has 0 radical (unpaired) electrons. The van der Waals surface area contributed by atoms with E-state index in [1.54, 1.807) is 18.0 Å². The average Bonchev–Trinajstić information content (AvgIpc) is 3.20. The van der Waals surface area contributed by atoms with Crippen molar-refractivity contribution in [2.75, 3.05) is 19.3 Å². The molecule has 1 aromatic heterocycles. The maximum Gasteiger partial charge on any atom is 0.168 e. The zero-order chi connectivity index (χ0) is 15.1. The van der Waals surface area contributed by atoms with Gasteiger partial charge >= 0.3 is 0 Å². The maximum absolute atomic E-state index is 5.68. The van der Waals surface area contributed by atoms with Crippen LogP contribution in [0.1, 0.15) is 25.3 Å². The molecule has 0 amide bonds. The largest absolute Gasteiger partial charge is 0.464 e. The monoisotopic (exact) mass is 330 g/mol. The number of hydrogen-bond donors (Lipinski definition) is 0. The summed E-state index contributed by atoms with van der Waals surface area (Å²) in [6.45, 7) is 4.14. The van der Waals surface area contributed by atoms with Gasteiger partial charge < -0.3 is 9.32 Å². The lowest BCUT2D eigenvalue weighted by Gasteiger charge is -2.18. The lowest BCUT2D eigenvalue weighted by molar-refractivity contribution is 0.614. The Kier molecular flexibility index (Phi) is 3.70. The number of allylic oxidation sites excluding steroid dienone is 1. The Morgan fingerprint density at radius 3 is 3.14 bits per heavy atom. The molecule has 3 nitrogen and oxygen atoms in total. The van der Waals surface area contributed by atoms with Crippen LogP contribution in [-0.4, -0.2) is 29.4 Å². The second kappa shape index (κ2) is 5.70. The number of aliphatic imine (C=N–C) groups is 1. The van der Waals surface area contributed by atoms with Crippen LogP contribution in [0, 0.1) is 0 Å². The number of thioether (sulfide) groups is 2. The minimum absolute atomic E-state index is 0.906. The molecule has 0 spiro atoms. The third-order valence-electron chi connectivity index (χ3n) is 4.05. The lowest BCUT2D eigenvalue weighted by atomic mass is 10.1. The molecule has 0 saturated heterocycles. The Morgan fingerprint density at radius 1 is 1.41 bits per heavy atom. The molecule has 2 aliphatic heterocycles. The van der Waals surface area contributed by atoms with Gasteiger partial charge in [-0.25, -0.2) is 0 Å². The van der Waals surface area contributed by atoms with Crippen molar-refractivity contribution >= 4 is 45.4 Å². The number of nitrogens with zero attached hydrogens (tertiary/aromatic N) is 2. The molecular weight excluding hydrogens is 312 g/mol. The topological polar surface area (TPSA) is 28.7 Å². The number of rotatable bonds is 4. The third-order valence-corrected chi connectivity index (χ3v) is 6.01. The van der Waals surface area contributed by atoms with E-state index in [1.807, 2.05) is 11.8 Å². The van der Waals surface area contributed by atoms with Crippen LogP contribution in [-0.2, 0) is 0 Å². The number of fused-ring (bicyclic) bond motifs is 2. The zero-order valence-corrected chi connectivity index (χ0v) is 14.4. The summed E-state index contributed by atoms with van der Waals surface area (Å²) in [5.41, 5.74) is 3.58. The summed E-state index contributed by atoms with van der Waals surface area (Å²) in [6, 6.07) is 6.54. The van der Waals surface area contributed by atoms with Crippen molar-refractivity contribution in [1.82, 2.24) is 4.90 Å². The number of amidine groups is 1. The van der Waals surface area contributed by atoms with Crippen LogP contribution in [0.25, 0.3) is 16.7 Å². The van der Waals surface area contributed by atoms with Crippen molar-refractivity contribution in [3.63, 3.8) is 0 Å². The fourth-order valence-corrected chi connectivity index (χ4v) is 5.02. The van der Waals surface area contributed by atoms with Crippen LogP contribution in [0.5, 0.6) is 0 Å². The van der Waals surface area contributed by atoms with Gasteiger partial charge in [-0.1, -0.05) is 25.1 Å². The Bertz CT molecular complexity index is 791. The number of benzene rings is 1. The van der Waals surface area contributed by atoms with Crippen LogP contribution in [0.15, 0.2) is 43.7 Å². The minimum Gasteiger partial charge on any atom is -0.464 e. The summed E-state index contributed by atoms with van der Waals surface area (Å²) in [6.07, 6.45) is 6.17. The molecule has 0 N–H and O–H groups in total. The first-order valence-electron chi connectivity index (χ1n) is 7.60. The van der Waals surface area contributed by atoms with Crippen LogP contribution < -0.4 is 0 Å². The highest BCUT2D eigenvalue weighted by Crippen LogP contribution is 2.45. The summed E-state index contributed by atoms with van der Waals surface area (Å²) in [5, 5.41) is 2.37. The highest BCUT2D eigenvalue weighted by molar-refractivity contribution is 8.17. The van der Waals surface area contributed by atoms with Crippen LogP contribution in [0.4, 0.5) is 0 Å². The molecule has 0 aliphatic carbocycles. The third kappa shape index (κ3) is 2.18. The van der Waals surface area contributed by atoms with Crippen molar-refractivity contribution in [1.29, 1.82) is 0 Å². The van der Waals surface area contributed by atoms with Gasteiger partial charge in [0.05, 0.1) is 18.5 Å². The molecule has 0 atom stereocenters. The average molecular weight is 330 g/mol. The van der Waals surface area contributed by atoms with E-state index in [4.69, 9.17) is 4.42 Å². The molecule has 2 aromatic rings. The van der Waals surface area contributed by atoms with Crippen LogP contribution in [0.2, 0.25) is 0 Å². The van der Waals surface area contributed by atoms with Gasteiger partial charge in [-0.05, 0) is 30.9 Å². The SMILES string of the molecule is CCCC1=C(c2cc(SC)c3ccoc3c2)N2CCN=C2S1. The van der Waals surface area contributed by atoms with E-state index in [1.165, 1.54) is 31.6 Å². The van der Waals surface area contributed by atoms with Gasteiger partial charge in [0.1, 0.15) is 5.58 Å². The normalized spacial score (nSPS) is 17.5. The van der Waals surface area contributed by atoms with E-state index < -0.39 is 0 Å². The van der Waals surface area contributed by atoms with Gasteiger partial charge in [-0.3, -0.25) is 4.99 Å². The molecule has 5 heteroatoms. The van der Waals surface area contributed by atoms with Gasteiger partial charge in [0.2, 0.25) is 0 Å². The van der Waals surface area contributed by atoms with E-state index in [2.05, 4.69) is 41.3 Å². The smallest absolute Gasteiger partial charge is 0.168 e. The van der Waals surface area contributed by atoms with Gasteiger partial charge in [0.25, 0.3) is 0 Å². The van der Waals surface area contributed by atoms with Crippen molar-refractivity contribution in [3.8, 4) is 0 Å². The summed E-state index contributed by atoms with van der Waals surface area (Å²) in [7, 11) is 0. The quantitative estimate of drug-likeness (QED) is 0.734. The minimum atomic E-state index is 0.906. The molecule has 0 bridgehead atoms. The van der Waals surface area contributed by atoms with E-state index >= 15 is 0 Å². The first kappa shape index (κ1) is 14.3. The van der Waals surface area contributed by atoms with Crippen molar-refractivity contribution in [2.45, 2.75) is 24.7 Å². The molecule has 22 heavy (non-hydrogen) atoms. The van der Waals surface area contributed by atoms with Crippen LogP contribution >= 0.6 is 23.5 Å². The number of furan rings is 1. The lowest BCUT2D eigenvalue weighted by Crippen LogP contribution is -2.20.